The monoisotopic (exact) mass is 294 g/mol. The van der Waals surface area contributed by atoms with Crippen LogP contribution in [0.3, 0.4) is 0 Å². The van der Waals surface area contributed by atoms with E-state index in [-0.39, 0.29) is 18.1 Å². The lowest BCUT2D eigenvalue weighted by Gasteiger charge is -2.05. The van der Waals surface area contributed by atoms with Gasteiger partial charge >= 0.3 is 0 Å². The van der Waals surface area contributed by atoms with Crippen LogP contribution in [0.4, 0.5) is 4.39 Å². The number of carbonyl (C=O) groups excluding carboxylic acids is 1. The molecule has 1 aromatic carbocycles. The van der Waals surface area contributed by atoms with Crippen LogP contribution in [-0.4, -0.2) is 26.1 Å². The summed E-state index contributed by atoms with van der Waals surface area (Å²) in [5, 5.41) is 2.00. The van der Waals surface area contributed by atoms with Crippen LogP contribution in [0.5, 0.6) is 5.75 Å². The molecule has 0 N–H and O–H groups in total. The molecular weight excluding hydrogens is 279 g/mol. The molecule has 0 spiro atoms. The van der Waals surface area contributed by atoms with E-state index in [0.29, 0.717) is 12.2 Å². The molecule has 0 unspecified atom stereocenters. The minimum atomic E-state index is -0.545. The minimum absolute atomic E-state index is 0.0445. The van der Waals surface area contributed by atoms with Crippen molar-refractivity contribution < 1.29 is 18.7 Å². The summed E-state index contributed by atoms with van der Waals surface area (Å²) in [5.41, 5.74) is 0.291. The largest absolute Gasteiger partial charge is 0.494 e. The number of halogens is 1. The van der Waals surface area contributed by atoms with Gasteiger partial charge in [-0.1, -0.05) is 6.07 Å². The van der Waals surface area contributed by atoms with Gasteiger partial charge in [0.05, 0.1) is 13.7 Å². The zero-order valence-corrected chi connectivity index (χ0v) is 11.9. The maximum Gasteiger partial charge on any atom is 0.188 e. The van der Waals surface area contributed by atoms with Crippen LogP contribution >= 0.6 is 11.3 Å². The highest BCUT2D eigenvalue weighted by Gasteiger charge is 2.10. The van der Waals surface area contributed by atoms with E-state index >= 15 is 0 Å². The zero-order valence-electron chi connectivity index (χ0n) is 11.1. The highest BCUT2D eigenvalue weighted by molar-refractivity contribution is 7.09. The first-order valence-electron chi connectivity index (χ1n) is 6.17. The topological polar surface area (TPSA) is 35.5 Å². The van der Waals surface area contributed by atoms with Gasteiger partial charge in [0.1, 0.15) is 6.61 Å². The van der Waals surface area contributed by atoms with Crippen molar-refractivity contribution in [3.8, 4) is 5.75 Å². The van der Waals surface area contributed by atoms with Gasteiger partial charge in [-0.15, -0.1) is 11.3 Å². The summed E-state index contributed by atoms with van der Waals surface area (Å²) in [7, 11) is 1.38. The summed E-state index contributed by atoms with van der Waals surface area (Å²) in [6.45, 7) is 0.433. The van der Waals surface area contributed by atoms with E-state index in [1.807, 2.05) is 17.5 Å². The van der Waals surface area contributed by atoms with Crippen molar-refractivity contribution >= 4 is 17.1 Å². The van der Waals surface area contributed by atoms with E-state index in [1.165, 1.54) is 30.2 Å². The molecule has 0 amide bonds. The average Bonchev–Trinajstić information content (AvgIpc) is 2.96. The van der Waals surface area contributed by atoms with Crippen molar-refractivity contribution in [2.75, 3.05) is 20.3 Å². The van der Waals surface area contributed by atoms with E-state index in [0.717, 1.165) is 6.42 Å². The second-order valence-corrected chi connectivity index (χ2v) is 5.19. The number of ether oxygens (including phenoxy) is 2. The molecule has 0 aliphatic rings. The van der Waals surface area contributed by atoms with Gasteiger partial charge in [-0.3, -0.25) is 4.79 Å². The fraction of sp³-hybridized carbons (Fsp3) is 0.267. The molecule has 0 atom stereocenters. The first-order valence-corrected chi connectivity index (χ1v) is 7.05. The van der Waals surface area contributed by atoms with Crippen LogP contribution in [0.15, 0.2) is 35.7 Å². The predicted octanol–water partition coefficient (Wildman–Crippen LogP) is 3.34. The van der Waals surface area contributed by atoms with Crippen molar-refractivity contribution in [2.45, 2.75) is 6.42 Å². The highest BCUT2D eigenvalue weighted by Crippen LogP contribution is 2.18. The highest BCUT2D eigenvalue weighted by atomic mass is 32.1. The van der Waals surface area contributed by atoms with E-state index in [9.17, 15) is 9.18 Å². The van der Waals surface area contributed by atoms with Crippen molar-refractivity contribution in [2.24, 2.45) is 0 Å². The first kappa shape index (κ1) is 14.7. The number of rotatable bonds is 7. The minimum Gasteiger partial charge on any atom is -0.494 e. The summed E-state index contributed by atoms with van der Waals surface area (Å²) in [5.74, 6) is -0.658. The Bertz CT molecular complexity index is 567. The number of Topliss-reactive ketones (excluding diaryl/α,β-unsaturated/α-hetero) is 1. The molecule has 1 aromatic heterocycles. The standard InChI is InChI=1S/C15H15FO3S/c1-18-15-5-4-11(9-13(15)16)14(17)10-19-7-6-12-3-2-8-20-12/h2-5,8-9H,6-7,10H2,1H3. The lowest BCUT2D eigenvalue weighted by Crippen LogP contribution is -2.11. The Balaban J connectivity index is 1.81. The van der Waals surface area contributed by atoms with Gasteiger partial charge in [0.15, 0.2) is 17.3 Å². The van der Waals surface area contributed by atoms with Gasteiger partial charge in [-0.25, -0.2) is 4.39 Å². The molecule has 0 fully saturated rings. The van der Waals surface area contributed by atoms with Crippen LogP contribution in [0.1, 0.15) is 15.2 Å². The molecule has 0 saturated heterocycles. The Morgan fingerprint density at radius 1 is 1.35 bits per heavy atom. The molecule has 0 bridgehead atoms. The average molecular weight is 294 g/mol. The molecule has 2 aromatic rings. The third-order valence-electron chi connectivity index (χ3n) is 2.78. The second-order valence-electron chi connectivity index (χ2n) is 4.15. The van der Waals surface area contributed by atoms with Crippen LogP contribution < -0.4 is 4.74 Å². The Labute approximate surface area is 121 Å². The zero-order chi connectivity index (χ0) is 14.4. The molecule has 106 valence electrons. The summed E-state index contributed by atoms with van der Waals surface area (Å²) in [6.07, 6.45) is 0.780. The number of hydrogen-bond donors (Lipinski definition) is 0. The number of carbonyl (C=O) groups is 1. The molecule has 20 heavy (non-hydrogen) atoms. The summed E-state index contributed by atoms with van der Waals surface area (Å²) in [4.78, 5) is 13.0. The molecule has 5 heteroatoms. The van der Waals surface area contributed by atoms with Crippen LogP contribution in [-0.2, 0) is 11.2 Å². The number of benzene rings is 1. The molecule has 1 heterocycles. The molecule has 0 radical (unpaired) electrons. The van der Waals surface area contributed by atoms with E-state index in [4.69, 9.17) is 9.47 Å². The molecule has 0 aliphatic heterocycles. The number of ketones is 1. The van der Waals surface area contributed by atoms with Crippen molar-refractivity contribution in [1.82, 2.24) is 0 Å². The normalized spacial score (nSPS) is 10.5. The van der Waals surface area contributed by atoms with Crippen molar-refractivity contribution in [3.05, 3.63) is 52.0 Å². The Morgan fingerprint density at radius 3 is 2.85 bits per heavy atom. The lowest BCUT2D eigenvalue weighted by molar-refractivity contribution is 0.0766. The summed E-state index contributed by atoms with van der Waals surface area (Å²) in [6, 6.07) is 8.14. The predicted molar refractivity (Wildman–Crippen MR) is 76.1 cm³/mol. The molecule has 3 nitrogen and oxygen atoms in total. The van der Waals surface area contributed by atoms with Gasteiger partial charge in [0.2, 0.25) is 0 Å². The third kappa shape index (κ3) is 3.88. The quantitative estimate of drug-likeness (QED) is 0.580. The maximum atomic E-state index is 13.5. The SMILES string of the molecule is COc1ccc(C(=O)COCCc2cccs2)cc1F. The van der Waals surface area contributed by atoms with Crippen LogP contribution in [0.25, 0.3) is 0 Å². The van der Waals surface area contributed by atoms with Crippen molar-refractivity contribution in [1.29, 1.82) is 0 Å². The van der Waals surface area contributed by atoms with Gasteiger partial charge < -0.3 is 9.47 Å². The van der Waals surface area contributed by atoms with Gasteiger partial charge in [0, 0.05) is 16.9 Å². The van der Waals surface area contributed by atoms with Gasteiger partial charge in [-0.05, 0) is 29.6 Å². The van der Waals surface area contributed by atoms with E-state index < -0.39 is 5.82 Å². The Morgan fingerprint density at radius 2 is 2.20 bits per heavy atom. The molecule has 2 rings (SSSR count). The Hall–Kier alpha value is -1.72. The van der Waals surface area contributed by atoms with Gasteiger partial charge in [-0.2, -0.15) is 0 Å². The first-order chi connectivity index (χ1) is 9.70. The molecular formula is C15H15FO3S. The number of hydrogen-bond acceptors (Lipinski definition) is 4. The van der Waals surface area contributed by atoms with E-state index in [1.54, 1.807) is 11.3 Å². The molecule has 0 aliphatic carbocycles. The van der Waals surface area contributed by atoms with Crippen LogP contribution in [0, 0.1) is 5.82 Å². The van der Waals surface area contributed by atoms with E-state index in [2.05, 4.69) is 0 Å². The fourth-order valence-corrected chi connectivity index (χ4v) is 2.41. The molecule has 0 saturated carbocycles. The smallest absolute Gasteiger partial charge is 0.188 e. The number of methoxy groups -OCH3 is 1. The summed E-state index contributed by atoms with van der Waals surface area (Å²) < 4.78 is 23.6. The fourth-order valence-electron chi connectivity index (χ4n) is 1.72. The van der Waals surface area contributed by atoms with Crippen LogP contribution in [0.2, 0.25) is 0 Å². The van der Waals surface area contributed by atoms with Crippen molar-refractivity contribution in [3.63, 3.8) is 0 Å². The third-order valence-corrected chi connectivity index (χ3v) is 3.72. The van der Waals surface area contributed by atoms with Gasteiger partial charge in [0.25, 0.3) is 0 Å². The summed E-state index contributed by atoms with van der Waals surface area (Å²) >= 11 is 1.66. The number of thiophene rings is 1. The second kappa shape index (κ2) is 7.17. The maximum absolute atomic E-state index is 13.5. The Kier molecular flexibility index (Phi) is 5.26. The lowest BCUT2D eigenvalue weighted by atomic mass is 10.1.